The third-order valence-corrected chi connectivity index (χ3v) is 1.05. The molecule has 0 aliphatic rings. The summed E-state index contributed by atoms with van der Waals surface area (Å²) in [5.41, 5.74) is 14.0. The zero-order valence-corrected chi connectivity index (χ0v) is 10.3. The second-order valence-corrected chi connectivity index (χ2v) is 2.46. The monoisotopic (exact) mass is 236 g/mol. The summed E-state index contributed by atoms with van der Waals surface area (Å²) in [6, 6.07) is 0. The van der Waals surface area contributed by atoms with E-state index >= 15 is 0 Å². The number of carbonyl (C=O) groups is 3. The molecular formula is C9H24N4O3. The van der Waals surface area contributed by atoms with Gasteiger partial charge in [0.25, 0.3) is 0 Å². The maximum absolute atomic E-state index is 9.59. The molecular weight excluding hydrogens is 212 g/mol. The summed E-state index contributed by atoms with van der Waals surface area (Å²) in [5, 5.41) is 0. The van der Waals surface area contributed by atoms with Crippen molar-refractivity contribution in [3.05, 3.63) is 0 Å². The first-order valence-electron chi connectivity index (χ1n) is 4.66. The van der Waals surface area contributed by atoms with Crippen LogP contribution in [0.3, 0.4) is 0 Å². The van der Waals surface area contributed by atoms with Gasteiger partial charge in [-0.1, -0.05) is 20.8 Å². The van der Waals surface area contributed by atoms with E-state index in [9.17, 15) is 14.4 Å². The smallest absolute Gasteiger partial charge is 0.217 e. The quantitative estimate of drug-likeness (QED) is 0.533. The van der Waals surface area contributed by atoms with Crippen molar-refractivity contribution in [1.82, 2.24) is 6.15 Å². The predicted octanol–water partition coefficient (Wildman–Crippen LogP) is -0.193. The lowest BCUT2D eigenvalue weighted by molar-refractivity contribution is -0.118. The molecule has 0 saturated heterocycles. The summed E-state index contributed by atoms with van der Waals surface area (Å²) < 4.78 is 0. The van der Waals surface area contributed by atoms with Crippen molar-refractivity contribution in [2.75, 3.05) is 0 Å². The number of amides is 3. The fourth-order valence-electron chi connectivity index (χ4n) is 0. The highest BCUT2D eigenvalue weighted by Gasteiger charge is 1.78. The molecule has 7 nitrogen and oxygen atoms in total. The van der Waals surface area contributed by atoms with Crippen LogP contribution in [0.2, 0.25) is 0 Å². The zero-order chi connectivity index (χ0) is 12.9. The minimum Gasteiger partial charge on any atom is -0.370 e. The van der Waals surface area contributed by atoms with E-state index in [0.717, 1.165) is 0 Å². The Morgan fingerprint density at radius 2 is 0.750 bits per heavy atom. The van der Waals surface area contributed by atoms with Crippen LogP contribution in [0.25, 0.3) is 0 Å². The van der Waals surface area contributed by atoms with Crippen LogP contribution < -0.4 is 23.4 Å². The SMILES string of the molecule is CCC(N)=O.CCC(N)=O.CCC(N)=O.N. The van der Waals surface area contributed by atoms with Gasteiger partial charge in [0.2, 0.25) is 17.7 Å². The molecule has 0 rings (SSSR count). The summed E-state index contributed by atoms with van der Waals surface area (Å²) >= 11 is 0. The van der Waals surface area contributed by atoms with Crippen molar-refractivity contribution in [1.29, 1.82) is 0 Å². The number of hydrogen-bond acceptors (Lipinski definition) is 4. The third kappa shape index (κ3) is 83.7. The van der Waals surface area contributed by atoms with Gasteiger partial charge in [-0.2, -0.15) is 0 Å². The topological polar surface area (TPSA) is 164 Å². The maximum atomic E-state index is 9.59. The van der Waals surface area contributed by atoms with Crippen molar-refractivity contribution in [3.8, 4) is 0 Å². The van der Waals surface area contributed by atoms with Crippen molar-refractivity contribution >= 4 is 17.7 Å². The van der Waals surface area contributed by atoms with Gasteiger partial charge < -0.3 is 23.4 Å². The molecule has 0 spiro atoms. The van der Waals surface area contributed by atoms with Crippen LogP contribution in [0.1, 0.15) is 40.0 Å². The van der Waals surface area contributed by atoms with Gasteiger partial charge in [-0.3, -0.25) is 14.4 Å². The molecule has 0 aliphatic heterocycles. The highest BCUT2D eigenvalue weighted by Crippen LogP contribution is 1.63. The Morgan fingerprint density at radius 3 is 0.750 bits per heavy atom. The molecule has 0 saturated carbocycles. The van der Waals surface area contributed by atoms with Crippen molar-refractivity contribution < 1.29 is 14.4 Å². The minimum absolute atomic E-state index is 0. The van der Waals surface area contributed by atoms with Crippen LogP contribution in [-0.2, 0) is 14.4 Å². The Morgan fingerprint density at radius 1 is 0.688 bits per heavy atom. The molecule has 3 amide bonds. The van der Waals surface area contributed by atoms with Crippen molar-refractivity contribution in [3.63, 3.8) is 0 Å². The standard InChI is InChI=1S/3C3H7NO.H3N/c3*1-2-3(4)5;/h3*2H2,1H3,(H2,4,5);1H3. The van der Waals surface area contributed by atoms with E-state index in [1.54, 1.807) is 20.8 Å². The molecule has 7 heteroatoms. The Balaban J connectivity index is -0.0000000655. The summed E-state index contributed by atoms with van der Waals surface area (Å²) in [6.07, 6.45) is 1.33. The van der Waals surface area contributed by atoms with Gasteiger partial charge >= 0.3 is 0 Å². The summed E-state index contributed by atoms with van der Waals surface area (Å²) in [5.74, 6) is -0.736. The number of hydrogen-bond donors (Lipinski definition) is 4. The van der Waals surface area contributed by atoms with Crippen LogP contribution in [0.15, 0.2) is 0 Å². The van der Waals surface area contributed by atoms with Gasteiger partial charge in [0.05, 0.1) is 0 Å². The second kappa shape index (κ2) is 19.0. The van der Waals surface area contributed by atoms with Crippen LogP contribution in [0.4, 0.5) is 0 Å². The molecule has 9 N–H and O–H groups in total. The van der Waals surface area contributed by atoms with E-state index < -0.39 is 0 Å². The van der Waals surface area contributed by atoms with Gasteiger partial charge in [0.15, 0.2) is 0 Å². The highest BCUT2D eigenvalue weighted by molar-refractivity contribution is 5.73. The average molecular weight is 236 g/mol. The average Bonchev–Trinajstić information content (AvgIpc) is 2.19. The number of primary amides is 3. The lowest BCUT2D eigenvalue weighted by Gasteiger charge is -1.73. The summed E-state index contributed by atoms with van der Waals surface area (Å²) in [7, 11) is 0. The van der Waals surface area contributed by atoms with E-state index in [-0.39, 0.29) is 23.9 Å². The van der Waals surface area contributed by atoms with Gasteiger partial charge in [-0.05, 0) is 0 Å². The molecule has 0 unspecified atom stereocenters. The largest absolute Gasteiger partial charge is 0.370 e. The molecule has 0 fully saturated rings. The Bertz CT molecular complexity index is 162. The van der Waals surface area contributed by atoms with Crippen molar-refractivity contribution in [2.24, 2.45) is 17.2 Å². The molecule has 0 aromatic heterocycles. The lowest BCUT2D eigenvalue weighted by atomic mass is 10.5. The Hall–Kier alpha value is -1.63. The Labute approximate surface area is 96.3 Å². The first-order valence-corrected chi connectivity index (χ1v) is 4.66. The number of rotatable bonds is 3. The van der Waals surface area contributed by atoms with E-state index in [0.29, 0.717) is 19.3 Å². The summed E-state index contributed by atoms with van der Waals surface area (Å²) in [6.45, 7) is 5.17. The van der Waals surface area contributed by atoms with Gasteiger partial charge in [-0.25, -0.2) is 0 Å². The summed E-state index contributed by atoms with van der Waals surface area (Å²) in [4.78, 5) is 28.8. The molecule has 0 heterocycles. The van der Waals surface area contributed by atoms with E-state index in [1.165, 1.54) is 0 Å². The lowest BCUT2D eigenvalue weighted by Crippen LogP contribution is -2.06. The number of nitrogens with two attached hydrogens (primary N) is 3. The first kappa shape index (κ1) is 23.9. The second-order valence-electron chi connectivity index (χ2n) is 2.46. The van der Waals surface area contributed by atoms with Crippen LogP contribution in [0.5, 0.6) is 0 Å². The molecule has 0 aliphatic carbocycles. The number of carbonyl (C=O) groups excluding carboxylic acids is 3. The molecule has 0 atom stereocenters. The van der Waals surface area contributed by atoms with E-state index in [1.807, 2.05) is 0 Å². The van der Waals surface area contributed by atoms with E-state index in [2.05, 4.69) is 17.2 Å². The highest BCUT2D eigenvalue weighted by atomic mass is 16.1. The van der Waals surface area contributed by atoms with Gasteiger partial charge in [-0.15, -0.1) is 0 Å². The molecule has 0 aromatic rings. The molecule has 0 radical (unpaired) electrons. The molecule has 0 aromatic carbocycles. The van der Waals surface area contributed by atoms with Crippen LogP contribution >= 0.6 is 0 Å². The molecule has 0 bridgehead atoms. The first-order chi connectivity index (χ1) is 6.81. The zero-order valence-electron chi connectivity index (χ0n) is 10.3. The minimum atomic E-state index is -0.245. The van der Waals surface area contributed by atoms with E-state index in [4.69, 9.17) is 0 Å². The van der Waals surface area contributed by atoms with Crippen molar-refractivity contribution in [2.45, 2.75) is 40.0 Å². The fraction of sp³-hybridized carbons (Fsp3) is 0.667. The fourth-order valence-corrected chi connectivity index (χ4v) is 0. The van der Waals surface area contributed by atoms with Gasteiger partial charge in [0.1, 0.15) is 0 Å². The molecule has 98 valence electrons. The predicted molar refractivity (Wildman–Crippen MR) is 63.5 cm³/mol. The van der Waals surface area contributed by atoms with Gasteiger partial charge in [0, 0.05) is 19.3 Å². The normalized spacial score (nSPS) is 6.94. The third-order valence-electron chi connectivity index (χ3n) is 1.05. The van der Waals surface area contributed by atoms with Crippen LogP contribution in [0, 0.1) is 0 Å². The maximum Gasteiger partial charge on any atom is 0.217 e. The molecule has 16 heavy (non-hydrogen) atoms. The van der Waals surface area contributed by atoms with Crippen LogP contribution in [-0.4, -0.2) is 17.7 Å². The Kier molecular flexibility index (Phi) is 28.4.